The lowest BCUT2D eigenvalue weighted by Gasteiger charge is -2.24. The Bertz CT molecular complexity index is 429. The number of aliphatic hydroxyl groups excluding tert-OH is 1. The van der Waals surface area contributed by atoms with Crippen LogP contribution in [-0.2, 0) is 9.53 Å². The summed E-state index contributed by atoms with van der Waals surface area (Å²) in [6, 6.07) is 0. The maximum atomic E-state index is 12.1. The molecule has 0 spiro atoms. The number of rotatable bonds is 2. The number of esters is 1. The van der Waals surface area contributed by atoms with Crippen LogP contribution in [0.25, 0.3) is 0 Å². The van der Waals surface area contributed by atoms with Crippen molar-refractivity contribution in [1.82, 2.24) is 0 Å². The molecule has 0 aromatic rings. The van der Waals surface area contributed by atoms with Gasteiger partial charge in [0.15, 0.2) is 0 Å². The molecule has 2 aliphatic carbocycles. The first-order valence-electron chi connectivity index (χ1n) is 7.22. The number of hydrogen-bond donors (Lipinski definition) is 1. The normalized spacial score (nSPS) is 36.8. The lowest BCUT2D eigenvalue weighted by Crippen LogP contribution is -2.29. The molecule has 0 radical (unpaired) electrons. The molecule has 0 aliphatic heterocycles. The summed E-state index contributed by atoms with van der Waals surface area (Å²) in [5.74, 6) is 3.15. The Morgan fingerprint density at radius 2 is 2.11 bits per heavy atom. The molecule has 2 rings (SSSR count). The summed E-state index contributed by atoms with van der Waals surface area (Å²) in [7, 11) is -1.50. The zero-order valence-electron chi connectivity index (χ0n) is 12.3. The third-order valence-corrected chi connectivity index (χ3v) is 5.04. The van der Waals surface area contributed by atoms with Crippen molar-refractivity contribution >= 4 is 14.0 Å². The van der Waals surface area contributed by atoms with Gasteiger partial charge in [-0.2, -0.15) is 0 Å². The predicted molar refractivity (Wildman–Crippen MR) is 77.0 cm³/mol. The highest BCUT2D eigenvalue weighted by Crippen LogP contribution is 2.66. The van der Waals surface area contributed by atoms with Gasteiger partial charge in [0.2, 0.25) is 0 Å². The molecule has 2 saturated carbocycles. The second kappa shape index (κ2) is 4.95. The number of ether oxygens (including phenoxy) is 1. The summed E-state index contributed by atoms with van der Waals surface area (Å²) in [5, 5.41) is 10.4. The molecule has 0 amide bonds. The Labute approximate surface area is 116 Å². The van der Waals surface area contributed by atoms with Gasteiger partial charge in [-0.3, -0.25) is 4.79 Å². The molecule has 2 aliphatic rings. The van der Waals surface area contributed by atoms with Crippen molar-refractivity contribution in [2.24, 2.45) is 17.3 Å². The molecule has 0 aromatic carbocycles. The fraction of sp³-hybridized carbons (Fsp3) is 0.800. The van der Waals surface area contributed by atoms with Gasteiger partial charge in [-0.25, -0.2) is 0 Å². The fourth-order valence-corrected chi connectivity index (χ4v) is 3.84. The van der Waals surface area contributed by atoms with Crippen molar-refractivity contribution in [3.05, 3.63) is 0 Å². The van der Waals surface area contributed by atoms with Gasteiger partial charge in [0, 0.05) is 0 Å². The highest BCUT2D eigenvalue weighted by atomic mass is 28.3. The number of carbonyl (C=O) groups is 1. The molecule has 0 unspecified atom stereocenters. The van der Waals surface area contributed by atoms with Crippen LogP contribution in [0.1, 0.15) is 26.2 Å². The highest BCUT2D eigenvalue weighted by Gasteiger charge is 2.72. The van der Waals surface area contributed by atoms with Gasteiger partial charge >= 0.3 is 5.97 Å². The van der Waals surface area contributed by atoms with E-state index in [1.807, 2.05) is 6.92 Å². The van der Waals surface area contributed by atoms with Gasteiger partial charge in [-0.05, 0) is 25.7 Å². The van der Waals surface area contributed by atoms with E-state index in [0.29, 0.717) is 6.61 Å². The molecule has 106 valence electrons. The molecule has 2 fully saturated rings. The van der Waals surface area contributed by atoms with Crippen LogP contribution in [0.3, 0.4) is 0 Å². The van der Waals surface area contributed by atoms with E-state index < -0.39 is 19.6 Å². The first kappa shape index (κ1) is 14.6. The lowest BCUT2D eigenvalue weighted by atomic mass is 9.86. The van der Waals surface area contributed by atoms with E-state index in [-0.39, 0.29) is 17.8 Å². The minimum absolute atomic E-state index is 0.168. The Balaban J connectivity index is 2.26. The molecule has 3 nitrogen and oxygen atoms in total. The zero-order chi connectivity index (χ0) is 14.3. The van der Waals surface area contributed by atoms with Crippen molar-refractivity contribution in [1.29, 1.82) is 0 Å². The number of fused-ring (bicyclic) bond motifs is 1. The Kier molecular flexibility index (Phi) is 3.81. The molecule has 0 saturated heterocycles. The topological polar surface area (TPSA) is 46.5 Å². The van der Waals surface area contributed by atoms with Crippen molar-refractivity contribution < 1.29 is 14.6 Å². The summed E-state index contributed by atoms with van der Waals surface area (Å²) in [4.78, 5) is 12.1. The summed E-state index contributed by atoms with van der Waals surface area (Å²) >= 11 is 0. The molecule has 4 heteroatoms. The molecule has 1 N–H and O–H groups in total. The van der Waals surface area contributed by atoms with Gasteiger partial charge in [-0.15, -0.1) is 5.54 Å². The molecule has 0 aromatic heterocycles. The van der Waals surface area contributed by atoms with E-state index in [2.05, 4.69) is 31.1 Å². The van der Waals surface area contributed by atoms with Gasteiger partial charge in [0.25, 0.3) is 0 Å². The van der Waals surface area contributed by atoms with Gasteiger partial charge in [-0.1, -0.05) is 32.0 Å². The van der Waals surface area contributed by atoms with Crippen LogP contribution in [0.4, 0.5) is 0 Å². The van der Waals surface area contributed by atoms with E-state index in [4.69, 9.17) is 4.74 Å². The Hall–Kier alpha value is -0.793. The van der Waals surface area contributed by atoms with Crippen molar-refractivity contribution in [2.45, 2.75) is 51.9 Å². The van der Waals surface area contributed by atoms with E-state index >= 15 is 0 Å². The zero-order valence-corrected chi connectivity index (χ0v) is 13.3. The largest absolute Gasteiger partial charge is 0.466 e. The van der Waals surface area contributed by atoms with Crippen molar-refractivity contribution in [3.63, 3.8) is 0 Å². The van der Waals surface area contributed by atoms with Crippen LogP contribution < -0.4 is 0 Å². The third kappa shape index (κ3) is 2.59. The molecular formula is C15H24O3Si. The van der Waals surface area contributed by atoms with E-state index in [1.54, 1.807) is 0 Å². The van der Waals surface area contributed by atoms with Gasteiger partial charge < -0.3 is 9.84 Å². The Morgan fingerprint density at radius 3 is 2.68 bits per heavy atom. The van der Waals surface area contributed by atoms with Crippen LogP contribution in [0, 0.1) is 28.7 Å². The smallest absolute Gasteiger partial charge is 0.310 e. The van der Waals surface area contributed by atoms with Crippen molar-refractivity contribution in [2.75, 3.05) is 6.61 Å². The van der Waals surface area contributed by atoms with Crippen LogP contribution in [0.5, 0.6) is 0 Å². The van der Waals surface area contributed by atoms with Crippen LogP contribution in [0.2, 0.25) is 19.6 Å². The second-order valence-electron chi connectivity index (χ2n) is 6.72. The second-order valence-corrected chi connectivity index (χ2v) is 11.5. The molecular weight excluding hydrogens is 256 g/mol. The maximum absolute atomic E-state index is 12.1. The van der Waals surface area contributed by atoms with Gasteiger partial charge in [0.1, 0.15) is 8.07 Å². The van der Waals surface area contributed by atoms with Crippen molar-refractivity contribution in [3.8, 4) is 11.5 Å². The average molecular weight is 280 g/mol. The number of hydrogen-bond acceptors (Lipinski definition) is 3. The van der Waals surface area contributed by atoms with Gasteiger partial charge in [0.05, 0.1) is 24.0 Å². The SMILES string of the molecule is CCOC(=O)[C@@H]1[C@H]2CCC[C@H](O)[C@]21C#C[Si](C)(C)C. The molecule has 4 atom stereocenters. The predicted octanol–water partition coefficient (Wildman–Crippen LogP) is 2.21. The van der Waals surface area contributed by atoms with Crippen LogP contribution in [-0.4, -0.2) is 31.9 Å². The summed E-state index contributed by atoms with van der Waals surface area (Å²) in [6.45, 7) is 8.77. The van der Waals surface area contributed by atoms with E-state index in [0.717, 1.165) is 19.3 Å². The minimum atomic E-state index is -1.50. The maximum Gasteiger partial charge on any atom is 0.310 e. The third-order valence-electron chi connectivity index (χ3n) is 4.16. The number of carbonyl (C=O) groups excluding carboxylic acids is 1. The summed E-state index contributed by atoms with van der Waals surface area (Å²) < 4.78 is 5.16. The van der Waals surface area contributed by atoms with E-state index in [1.165, 1.54) is 0 Å². The summed E-state index contributed by atoms with van der Waals surface area (Å²) in [5.41, 5.74) is 2.86. The fourth-order valence-electron chi connectivity index (χ4n) is 3.25. The average Bonchev–Trinajstić information content (AvgIpc) is 2.97. The summed E-state index contributed by atoms with van der Waals surface area (Å²) in [6.07, 6.45) is 2.26. The van der Waals surface area contributed by atoms with E-state index in [9.17, 15) is 9.90 Å². The molecule has 0 heterocycles. The standard InChI is InChI=1S/C15H24O3Si/c1-5-18-14(17)13-11-7-6-8-12(16)15(11,13)9-10-19(2,3)4/h11-13,16H,5-8H2,1-4H3/t11-,12+,13+,15+/m1/s1. The van der Waals surface area contributed by atoms with Crippen LogP contribution >= 0.6 is 0 Å². The highest BCUT2D eigenvalue weighted by molar-refractivity contribution is 6.83. The molecule has 19 heavy (non-hydrogen) atoms. The number of aliphatic hydroxyl groups is 1. The Morgan fingerprint density at radius 1 is 1.42 bits per heavy atom. The lowest BCUT2D eigenvalue weighted by molar-refractivity contribution is -0.146. The first-order chi connectivity index (χ1) is 8.83. The molecule has 0 bridgehead atoms. The first-order valence-corrected chi connectivity index (χ1v) is 10.7. The minimum Gasteiger partial charge on any atom is -0.466 e. The quantitative estimate of drug-likeness (QED) is 0.479. The monoisotopic (exact) mass is 280 g/mol. The van der Waals surface area contributed by atoms with Crippen LogP contribution in [0.15, 0.2) is 0 Å².